The summed E-state index contributed by atoms with van der Waals surface area (Å²) in [6, 6.07) is 8.71. The Morgan fingerprint density at radius 2 is 2.03 bits per heavy atom. The molecule has 1 unspecified atom stereocenters. The Kier molecular flexibility index (Phi) is 6.08. The maximum absolute atomic E-state index is 12.8. The number of hydrogen-bond acceptors (Lipinski definition) is 5. The molecule has 31 heavy (non-hydrogen) atoms. The molecule has 0 spiro atoms. The number of rotatable bonds is 6. The molecule has 4 rings (SSSR count). The molecule has 8 nitrogen and oxygen atoms in total. The van der Waals surface area contributed by atoms with Gasteiger partial charge in [0, 0.05) is 30.7 Å². The highest BCUT2D eigenvalue weighted by molar-refractivity contribution is 6.30. The van der Waals surface area contributed by atoms with Gasteiger partial charge in [-0.1, -0.05) is 30.7 Å². The van der Waals surface area contributed by atoms with Gasteiger partial charge in [0.25, 0.3) is 5.91 Å². The number of aromatic nitrogens is 1. The predicted octanol–water partition coefficient (Wildman–Crippen LogP) is 2.43. The lowest BCUT2D eigenvalue weighted by molar-refractivity contribution is -0.127. The van der Waals surface area contributed by atoms with Crippen molar-refractivity contribution in [1.82, 2.24) is 15.2 Å². The largest absolute Gasteiger partial charge is 0.359 e. The number of halogens is 1. The van der Waals surface area contributed by atoms with E-state index in [1.807, 2.05) is 19.1 Å². The first-order chi connectivity index (χ1) is 14.9. The van der Waals surface area contributed by atoms with Gasteiger partial charge in [-0.15, -0.1) is 0 Å². The molecule has 1 aromatic carbocycles. The van der Waals surface area contributed by atoms with Crippen LogP contribution in [0.1, 0.15) is 35.7 Å². The van der Waals surface area contributed by atoms with Crippen molar-refractivity contribution in [2.75, 3.05) is 29.9 Å². The third-order valence-corrected chi connectivity index (χ3v) is 5.68. The molecule has 3 heterocycles. The van der Waals surface area contributed by atoms with Crippen LogP contribution >= 0.6 is 11.6 Å². The number of likely N-dealkylation sites (tertiary alicyclic amines) is 1. The summed E-state index contributed by atoms with van der Waals surface area (Å²) in [4.78, 5) is 45.2. The average Bonchev–Trinajstić information content (AvgIpc) is 3.10. The van der Waals surface area contributed by atoms with E-state index in [1.54, 1.807) is 28.0 Å². The van der Waals surface area contributed by atoms with Gasteiger partial charge in [-0.25, -0.2) is 4.98 Å². The van der Waals surface area contributed by atoms with E-state index in [9.17, 15) is 14.4 Å². The smallest absolute Gasteiger partial charge is 0.253 e. The van der Waals surface area contributed by atoms with Gasteiger partial charge in [-0.05, 0) is 30.2 Å². The molecule has 2 aliphatic heterocycles. The number of hydrogen-bond donors (Lipinski definition) is 2. The van der Waals surface area contributed by atoms with Crippen LogP contribution in [-0.4, -0.2) is 53.3 Å². The number of nitrogens with zero attached hydrogens (tertiary/aromatic N) is 3. The third-order valence-electron chi connectivity index (χ3n) is 5.43. The molecule has 1 saturated heterocycles. The zero-order valence-electron chi connectivity index (χ0n) is 17.2. The van der Waals surface area contributed by atoms with Crippen molar-refractivity contribution >= 4 is 40.8 Å². The van der Waals surface area contributed by atoms with Crippen molar-refractivity contribution in [3.05, 3.63) is 52.7 Å². The van der Waals surface area contributed by atoms with Crippen molar-refractivity contribution in [1.29, 1.82) is 0 Å². The highest BCUT2D eigenvalue weighted by Crippen LogP contribution is 2.30. The molecule has 9 heteroatoms. The molecule has 0 aliphatic carbocycles. The molecule has 2 aromatic rings. The molecular weight excluding hydrogens is 418 g/mol. The minimum absolute atomic E-state index is 0.0552. The van der Waals surface area contributed by atoms with Gasteiger partial charge in [0.15, 0.2) is 5.82 Å². The summed E-state index contributed by atoms with van der Waals surface area (Å²) in [5, 5.41) is 6.54. The molecule has 3 amide bonds. The van der Waals surface area contributed by atoms with Gasteiger partial charge in [0.05, 0.1) is 30.4 Å². The predicted molar refractivity (Wildman–Crippen MR) is 118 cm³/mol. The van der Waals surface area contributed by atoms with Crippen LogP contribution in [0.4, 0.5) is 11.5 Å². The number of amides is 3. The summed E-state index contributed by atoms with van der Waals surface area (Å²) >= 11 is 5.96. The number of carbonyl (C=O) groups excluding carboxylic acids is 3. The van der Waals surface area contributed by atoms with E-state index in [0.29, 0.717) is 48.1 Å². The number of fused-ring (bicyclic) bond motifs is 1. The molecule has 0 bridgehead atoms. The highest BCUT2D eigenvalue weighted by atomic mass is 35.5. The molecule has 0 saturated carbocycles. The number of anilines is 2. The van der Waals surface area contributed by atoms with E-state index < -0.39 is 0 Å². The standard InChI is InChI=1S/C22H24ClN5O3/c1-2-7-27-13-17(9-19(27)29)26-22(31)15-8-18-21(24-10-15)25-11-20(30)28(18)12-14-3-5-16(23)6-4-14/h3-6,8,10,17H,2,7,9,11-13H2,1H3,(H,24,25)(H,26,31). The maximum atomic E-state index is 12.8. The first kappa shape index (κ1) is 21.1. The average molecular weight is 442 g/mol. The SMILES string of the molecule is CCCN1CC(NC(=O)c2cnc3c(c2)N(Cc2ccc(Cl)cc2)C(=O)CN3)CC1=O. The molecule has 2 aliphatic rings. The summed E-state index contributed by atoms with van der Waals surface area (Å²) in [5.41, 5.74) is 1.81. The van der Waals surface area contributed by atoms with Crippen LogP contribution in [0.5, 0.6) is 0 Å². The van der Waals surface area contributed by atoms with Crippen LogP contribution in [0.15, 0.2) is 36.5 Å². The Morgan fingerprint density at radius 1 is 1.26 bits per heavy atom. The van der Waals surface area contributed by atoms with Gasteiger partial charge in [-0.2, -0.15) is 0 Å². The quantitative estimate of drug-likeness (QED) is 0.718. The van der Waals surface area contributed by atoms with Crippen LogP contribution in [0.25, 0.3) is 0 Å². The normalized spacial score (nSPS) is 18.1. The minimum atomic E-state index is -0.309. The summed E-state index contributed by atoms with van der Waals surface area (Å²) in [5.74, 6) is 0.184. The summed E-state index contributed by atoms with van der Waals surface area (Å²) in [6.45, 7) is 3.71. The molecule has 2 N–H and O–H groups in total. The summed E-state index contributed by atoms with van der Waals surface area (Å²) in [7, 11) is 0. The second-order valence-corrected chi connectivity index (χ2v) is 8.20. The van der Waals surface area contributed by atoms with E-state index >= 15 is 0 Å². The number of benzene rings is 1. The number of carbonyl (C=O) groups is 3. The van der Waals surface area contributed by atoms with Gasteiger partial charge >= 0.3 is 0 Å². The molecule has 1 atom stereocenters. The van der Waals surface area contributed by atoms with E-state index in [0.717, 1.165) is 12.0 Å². The fourth-order valence-corrected chi connectivity index (χ4v) is 4.00. The highest BCUT2D eigenvalue weighted by Gasteiger charge is 2.31. The number of pyridine rings is 1. The van der Waals surface area contributed by atoms with Crippen molar-refractivity contribution in [2.45, 2.75) is 32.4 Å². The fourth-order valence-electron chi connectivity index (χ4n) is 3.88. The lowest BCUT2D eigenvalue weighted by Crippen LogP contribution is -2.40. The van der Waals surface area contributed by atoms with Gasteiger partial charge < -0.3 is 20.4 Å². The van der Waals surface area contributed by atoms with Gasteiger partial charge in [-0.3, -0.25) is 14.4 Å². The van der Waals surface area contributed by atoms with E-state index in [4.69, 9.17) is 11.6 Å². The van der Waals surface area contributed by atoms with Crippen LogP contribution < -0.4 is 15.5 Å². The molecular formula is C22H24ClN5O3. The fraction of sp³-hybridized carbons (Fsp3) is 0.364. The molecule has 1 aromatic heterocycles. The van der Waals surface area contributed by atoms with Gasteiger partial charge in [0.1, 0.15) is 0 Å². The summed E-state index contributed by atoms with van der Waals surface area (Å²) < 4.78 is 0. The third kappa shape index (κ3) is 4.64. The first-order valence-corrected chi connectivity index (χ1v) is 10.7. The second-order valence-electron chi connectivity index (χ2n) is 7.77. The Balaban J connectivity index is 1.51. The van der Waals surface area contributed by atoms with Crippen LogP contribution in [0, 0.1) is 0 Å². The zero-order chi connectivity index (χ0) is 22.0. The summed E-state index contributed by atoms with van der Waals surface area (Å²) in [6.07, 6.45) is 2.66. The first-order valence-electron chi connectivity index (χ1n) is 10.3. The maximum Gasteiger partial charge on any atom is 0.253 e. The topological polar surface area (TPSA) is 94.6 Å². The minimum Gasteiger partial charge on any atom is -0.359 e. The van der Waals surface area contributed by atoms with Crippen molar-refractivity contribution in [3.8, 4) is 0 Å². The van der Waals surface area contributed by atoms with Gasteiger partial charge in [0.2, 0.25) is 11.8 Å². The Bertz CT molecular complexity index is 1010. The number of nitrogens with one attached hydrogen (secondary N) is 2. The van der Waals surface area contributed by atoms with Crippen LogP contribution in [0.3, 0.4) is 0 Å². The van der Waals surface area contributed by atoms with E-state index in [1.165, 1.54) is 6.20 Å². The lowest BCUT2D eigenvalue weighted by Gasteiger charge is -2.30. The Hall–Kier alpha value is -3.13. The van der Waals surface area contributed by atoms with Crippen LogP contribution in [-0.2, 0) is 16.1 Å². The van der Waals surface area contributed by atoms with Crippen molar-refractivity contribution in [2.24, 2.45) is 0 Å². The van der Waals surface area contributed by atoms with Crippen molar-refractivity contribution in [3.63, 3.8) is 0 Å². The molecule has 162 valence electrons. The lowest BCUT2D eigenvalue weighted by atomic mass is 10.1. The van der Waals surface area contributed by atoms with E-state index in [2.05, 4.69) is 15.6 Å². The molecule has 1 fully saturated rings. The molecule has 0 radical (unpaired) electrons. The van der Waals surface area contributed by atoms with Crippen LogP contribution in [0.2, 0.25) is 5.02 Å². The monoisotopic (exact) mass is 441 g/mol. The van der Waals surface area contributed by atoms with Crippen molar-refractivity contribution < 1.29 is 14.4 Å². The van der Waals surface area contributed by atoms with E-state index in [-0.39, 0.29) is 30.3 Å². The second kappa shape index (κ2) is 8.93. The zero-order valence-corrected chi connectivity index (χ0v) is 18.0. The Labute approximate surface area is 185 Å². The Morgan fingerprint density at radius 3 is 2.77 bits per heavy atom.